The van der Waals surface area contributed by atoms with Crippen LogP contribution in [0.4, 0.5) is 0 Å². The van der Waals surface area contributed by atoms with Crippen LogP contribution in [-0.2, 0) is 0 Å². The molecule has 0 spiro atoms. The number of carbonyl (C=O) groups is 1. The van der Waals surface area contributed by atoms with Crippen molar-refractivity contribution in [1.29, 1.82) is 0 Å². The van der Waals surface area contributed by atoms with Gasteiger partial charge in [0.05, 0.1) is 5.56 Å². The van der Waals surface area contributed by atoms with Gasteiger partial charge in [-0.05, 0) is 59.2 Å². The lowest BCUT2D eigenvalue weighted by Gasteiger charge is -2.08. The fraction of sp³-hybridized carbons (Fsp3) is 0.0417. The number of hydrogen-bond acceptors (Lipinski definition) is 2. The number of ether oxygens (including phenoxy) is 1. The van der Waals surface area contributed by atoms with Gasteiger partial charge in [-0.3, -0.25) is 0 Å². The van der Waals surface area contributed by atoms with E-state index in [4.69, 9.17) is 4.74 Å². The van der Waals surface area contributed by atoms with Gasteiger partial charge in [-0.25, -0.2) is 4.79 Å². The molecule has 0 N–H and O–H groups in total. The first-order valence-corrected chi connectivity index (χ1v) is 8.57. The van der Waals surface area contributed by atoms with Gasteiger partial charge in [0.25, 0.3) is 0 Å². The van der Waals surface area contributed by atoms with Gasteiger partial charge in [-0.2, -0.15) is 0 Å². The number of fused-ring (bicyclic) bond motifs is 1. The Balaban J connectivity index is 1.60. The molecule has 2 nitrogen and oxygen atoms in total. The molecule has 0 aliphatic carbocycles. The van der Waals surface area contributed by atoms with Crippen LogP contribution in [0.5, 0.6) is 5.75 Å². The Morgan fingerprint density at radius 1 is 0.692 bits per heavy atom. The molecule has 0 amide bonds. The van der Waals surface area contributed by atoms with Crippen LogP contribution in [0.15, 0.2) is 91.0 Å². The summed E-state index contributed by atoms with van der Waals surface area (Å²) in [7, 11) is 0. The molecule has 0 aliphatic rings. The van der Waals surface area contributed by atoms with Gasteiger partial charge >= 0.3 is 5.97 Å². The topological polar surface area (TPSA) is 26.3 Å². The molecule has 0 aliphatic heterocycles. The highest BCUT2D eigenvalue weighted by Gasteiger charge is 2.09. The van der Waals surface area contributed by atoms with E-state index >= 15 is 0 Å². The van der Waals surface area contributed by atoms with Crippen LogP contribution < -0.4 is 4.74 Å². The Morgan fingerprint density at radius 3 is 2.15 bits per heavy atom. The molecule has 26 heavy (non-hydrogen) atoms. The molecule has 0 bridgehead atoms. The highest BCUT2D eigenvalue weighted by Crippen LogP contribution is 2.27. The zero-order valence-corrected chi connectivity index (χ0v) is 14.5. The maximum atomic E-state index is 12.3. The molecule has 0 aromatic heterocycles. The number of aryl methyl sites for hydroxylation is 1. The second-order valence-electron chi connectivity index (χ2n) is 6.35. The summed E-state index contributed by atoms with van der Waals surface area (Å²) in [6.07, 6.45) is 0. The summed E-state index contributed by atoms with van der Waals surface area (Å²) >= 11 is 0. The zero-order valence-electron chi connectivity index (χ0n) is 14.5. The molecule has 4 rings (SSSR count). The third kappa shape index (κ3) is 3.35. The minimum atomic E-state index is -0.342. The molecule has 126 valence electrons. The normalized spacial score (nSPS) is 10.7. The standard InChI is InChI=1S/C24H18O2/c1-17-7-9-19(10-8-17)24(25)26-23-14-13-21-15-20(11-12-22(21)16-23)18-5-3-2-4-6-18/h2-16H,1H3. The molecule has 0 saturated heterocycles. The van der Waals surface area contributed by atoms with Crippen LogP contribution >= 0.6 is 0 Å². The van der Waals surface area contributed by atoms with E-state index in [1.54, 1.807) is 12.1 Å². The molecule has 4 aromatic rings. The monoisotopic (exact) mass is 338 g/mol. The van der Waals surface area contributed by atoms with E-state index in [0.717, 1.165) is 16.3 Å². The number of hydrogen-bond donors (Lipinski definition) is 0. The van der Waals surface area contributed by atoms with E-state index in [1.807, 2.05) is 55.5 Å². The molecule has 2 heteroatoms. The number of rotatable bonds is 3. The fourth-order valence-corrected chi connectivity index (χ4v) is 2.95. The Bertz CT molecular complexity index is 1060. The van der Waals surface area contributed by atoms with Crippen LogP contribution in [0, 0.1) is 6.92 Å². The number of benzene rings is 4. The van der Waals surface area contributed by atoms with E-state index in [0.29, 0.717) is 11.3 Å². The molecule has 0 unspecified atom stereocenters. The summed E-state index contributed by atoms with van der Waals surface area (Å²) in [5, 5.41) is 2.15. The quantitative estimate of drug-likeness (QED) is 0.336. The Morgan fingerprint density at radius 2 is 1.38 bits per heavy atom. The molecular weight excluding hydrogens is 320 g/mol. The van der Waals surface area contributed by atoms with Crippen molar-refractivity contribution >= 4 is 16.7 Å². The average molecular weight is 338 g/mol. The molecule has 0 atom stereocenters. The fourth-order valence-electron chi connectivity index (χ4n) is 2.95. The van der Waals surface area contributed by atoms with Gasteiger partial charge < -0.3 is 4.74 Å². The largest absolute Gasteiger partial charge is 0.423 e. The first-order chi connectivity index (χ1) is 12.7. The molecule has 0 fully saturated rings. The van der Waals surface area contributed by atoms with Gasteiger partial charge in [-0.1, -0.05) is 66.2 Å². The smallest absolute Gasteiger partial charge is 0.343 e. The van der Waals surface area contributed by atoms with Gasteiger partial charge in [-0.15, -0.1) is 0 Å². The van der Waals surface area contributed by atoms with Gasteiger partial charge in [0.2, 0.25) is 0 Å². The molecular formula is C24H18O2. The van der Waals surface area contributed by atoms with E-state index in [-0.39, 0.29) is 5.97 Å². The Hall–Kier alpha value is -3.39. The van der Waals surface area contributed by atoms with E-state index in [1.165, 1.54) is 11.1 Å². The van der Waals surface area contributed by atoms with Crippen LogP contribution in [-0.4, -0.2) is 5.97 Å². The third-order valence-corrected chi connectivity index (χ3v) is 4.42. The van der Waals surface area contributed by atoms with Crippen molar-refractivity contribution in [2.24, 2.45) is 0 Å². The predicted octanol–water partition coefficient (Wildman–Crippen LogP) is 6.03. The second-order valence-corrected chi connectivity index (χ2v) is 6.35. The number of carbonyl (C=O) groups excluding carboxylic acids is 1. The minimum absolute atomic E-state index is 0.342. The summed E-state index contributed by atoms with van der Waals surface area (Å²) in [4.78, 5) is 12.3. The maximum Gasteiger partial charge on any atom is 0.343 e. The SMILES string of the molecule is Cc1ccc(C(=O)Oc2ccc3cc(-c4ccccc4)ccc3c2)cc1. The van der Waals surface area contributed by atoms with Crippen molar-refractivity contribution in [3.8, 4) is 16.9 Å². The average Bonchev–Trinajstić information content (AvgIpc) is 2.69. The minimum Gasteiger partial charge on any atom is -0.423 e. The summed E-state index contributed by atoms with van der Waals surface area (Å²) in [6.45, 7) is 1.99. The second kappa shape index (κ2) is 6.85. The van der Waals surface area contributed by atoms with Gasteiger partial charge in [0, 0.05) is 0 Å². The van der Waals surface area contributed by atoms with Gasteiger partial charge in [0.15, 0.2) is 0 Å². The summed E-state index contributed by atoms with van der Waals surface area (Å²) in [6, 6.07) is 29.7. The van der Waals surface area contributed by atoms with Crippen molar-refractivity contribution < 1.29 is 9.53 Å². The van der Waals surface area contributed by atoms with Crippen LogP contribution in [0.2, 0.25) is 0 Å². The third-order valence-electron chi connectivity index (χ3n) is 4.42. The lowest BCUT2D eigenvalue weighted by atomic mass is 10.0. The first-order valence-electron chi connectivity index (χ1n) is 8.57. The van der Waals surface area contributed by atoms with E-state index in [9.17, 15) is 4.79 Å². The highest BCUT2D eigenvalue weighted by atomic mass is 16.5. The lowest BCUT2D eigenvalue weighted by molar-refractivity contribution is 0.0735. The molecule has 0 radical (unpaired) electrons. The molecule has 0 heterocycles. The summed E-state index contributed by atoms with van der Waals surface area (Å²) < 4.78 is 5.52. The van der Waals surface area contributed by atoms with Crippen molar-refractivity contribution in [2.75, 3.05) is 0 Å². The maximum absolute atomic E-state index is 12.3. The van der Waals surface area contributed by atoms with Gasteiger partial charge in [0.1, 0.15) is 5.75 Å². The first kappa shape index (κ1) is 16.1. The van der Waals surface area contributed by atoms with Crippen LogP contribution in [0.3, 0.4) is 0 Å². The lowest BCUT2D eigenvalue weighted by Crippen LogP contribution is -2.08. The zero-order chi connectivity index (χ0) is 17.9. The summed E-state index contributed by atoms with van der Waals surface area (Å²) in [5.74, 6) is 0.209. The van der Waals surface area contributed by atoms with Crippen molar-refractivity contribution in [3.05, 3.63) is 102 Å². The highest BCUT2D eigenvalue weighted by molar-refractivity contribution is 5.93. The Labute approximate surface area is 152 Å². The predicted molar refractivity (Wildman–Crippen MR) is 106 cm³/mol. The molecule has 4 aromatic carbocycles. The van der Waals surface area contributed by atoms with Crippen molar-refractivity contribution in [3.63, 3.8) is 0 Å². The van der Waals surface area contributed by atoms with Crippen molar-refractivity contribution in [1.82, 2.24) is 0 Å². The van der Waals surface area contributed by atoms with Crippen LogP contribution in [0.1, 0.15) is 15.9 Å². The van der Waals surface area contributed by atoms with Crippen LogP contribution in [0.25, 0.3) is 21.9 Å². The van der Waals surface area contributed by atoms with E-state index in [2.05, 4.69) is 30.3 Å². The number of esters is 1. The molecule has 0 saturated carbocycles. The van der Waals surface area contributed by atoms with E-state index < -0.39 is 0 Å². The Kier molecular flexibility index (Phi) is 4.24. The van der Waals surface area contributed by atoms with Crippen molar-refractivity contribution in [2.45, 2.75) is 6.92 Å². The summed E-state index contributed by atoms with van der Waals surface area (Å²) in [5.41, 5.74) is 4.02.